The van der Waals surface area contributed by atoms with E-state index < -0.39 is 31.9 Å². The van der Waals surface area contributed by atoms with E-state index in [2.05, 4.69) is 58.5 Å². The molecule has 0 unspecified atom stereocenters. The Bertz CT molecular complexity index is 1210. The van der Waals surface area contributed by atoms with E-state index in [1.165, 1.54) is 11.1 Å². The summed E-state index contributed by atoms with van der Waals surface area (Å²) in [5, 5.41) is 6.11. The number of benzene rings is 2. The zero-order chi connectivity index (χ0) is 28.4. The molecule has 0 spiro atoms. The molecule has 2 aromatic rings. The first-order chi connectivity index (χ1) is 18.3. The van der Waals surface area contributed by atoms with Crippen LogP contribution in [0.15, 0.2) is 48.5 Å². The lowest BCUT2D eigenvalue weighted by Crippen LogP contribution is -2.55. The van der Waals surface area contributed by atoms with Gasteiger partial charge in [-0.1, -0.05) is 49.5 Å². The molecule has 4 rings (SSSR count). The number of nitrogens with zero attached hydrogens (tertiary/aromatic N) is 1. The van der Waals surface area contributed by atoms with Crippen LogP contribution < -0.4 is 10.6 Å². The summed E-state index contributed by atoms with van der Waals surface area (Å²) in [4.78, 5) is 42.4. The molecule has 2 N–H and O–H groups in total. The van der Waals surface area contributed by atoms with Gasteiger partial charge in [0.25, 0.3) is 0 Å². The minimum Gasteiger partial charge on any atom is -0.444 e. The van der Waals surface area contributed by atoms with Crippen LogP contribution >= 0.6 is 22.6 Å². The molecule has 0 radical (unpaired) electrons. The molecule has 0 saturated carbocycles. The Morgan fingerprint density at radius 1 is 1.10 bits per heavy atom. The number of carbonyl (C=O) groups is 3. The van der Waals surface area contributed by atoms with Gasteiger partial charge in [0, 0.05) is 16.2 Å². The van der Waals surface area contributed by atoms with Gasteiger partial charge in [0.1, 0.15) is 17.7 Å². The van der Waals surface area contributed by atoms with Gasteiger partial charge in [0.15, 0.2) is 0 Å². The van der Waals surface area contributed by atoms with E-state index >= 15 is 0 Å². The van der Waals surface area contributed by atoms with Crippen LogP contribution in [-0.4, -0.2) is 54.7 Å². The van der Waals surface area contributed by atoms with E-state index in [0.717, 1.165) is 28.4 Å². The van der Waals surface area contributed by atoms with Gasteiger partial charge >= 0.3 is 6.09 Å². The summed E-state index contributed by atoms with van der Waals surface area (Å²) < 4.78 is 6.58. The Kier molecular flexibility index (Phi) is 9.10. The fraction of sp³-hybridized carbons (Fsp3) is 0.500. The lowest BCUT2D eigenvalue weighted by molar-refractivity contribution is -0.140. The van der Waals surface area contributed by atoms with Crippen molar-refractivity contribution in [3.05, 3.63) is 68.8 Å². The number of alkyl carbamates (subject to hydrolysis) is 1. The topological polar surface area (TPSA) is 87.7 Å². The first-order valence-corrected chi connectivity index (χ1v) is 18.2. The minimum absolute atomic E-state index is 0.0488. The van der Waals surface area contributed by atoms with Crippen LogP contribution in [0.25, 0.3) is 0 Å². The molecule has 3 atom stereocenters. The number of hydrogen-bond acceptors (Lipinski definition) is 4. The molecule has 1 aliphatic carbocycles. The van der Waals surface area contributed by atoms with Gasteiger partial charge in [0.2, 0.25) is 11.8 Å². The summed E-state index contributed by atoms with van der Waals surface area (Å²) in [5.74, 6) is -0.338. The van der Waals surface area contributed by atoms with E-state index in [-0.39, 0.29) is 17.9 Å². The summed E-state index contributed by atoms with van der Waals surface area (Å²) in [6.45, 7) is 9.81. The molecule has 9 heteroatoms. The molecule has 1 fully saturated rings. The monoisotopic (exact) mass is 661 g/mol. The Balaban J connectivity index is 1.56. The number of amides is 3. The van der Waals surface area contributed by atoms with E-state index in [0.29, 0.717) is 18.6 Å². The summed E-state index contributed by atoms with van der Waals surface area (Å²) in [5.41, 5.74) is 2.69. The predicted octanol–water partition coefficient (Wildman–Crippen LogP) is 5.38. The molecule has 1 heterocycles. The van der Waals surface area contributed by atoms with Crippen LogP contribution in [-0.2, 0) is 27.2 Å². The van der Waals surface area contributed by atoms with Gasteiger partial charge < -0.3 is 20.3 Å². The smallest absolute Gasteiger partial charge is 0.408 e. The first-order valence-electron chi connectivity index (χ1n) is 13.7. The van der Waals surface area contributed by atoms with Crippen LogP contribution in [0.4, 0.5) is 4.79 Å². The maximum Gasteiger partial charge on any atom is 0.408 e. The fourth-order valence-electron chi connectivity index (χ4n) is 5.61. The van der Waals surface area contributed by atoms with Crippen LogP contribution in [0.1, 0.15) is 56.3 Å². The van der Waals surface area contributed by atoms with Crippen molar-refractivity contribution < 1.29 is 19.1 Å². The van der Waals surface area contributed by atoms with Crippen molar-refractivity contribution in [1.29, 1.82) is 0 Å². The average molecular weight is 662 g/mol. The molecule has 1 saturated heterocycles. The van der Waals surface area contributed by atoms with Crippen LogP contribution in [0.5, 0.6) is 0 Å². The Morgan fingerprint density at radius 2 is 1.79 bits per heavy atom. The third-order valence-corrected chi connectivity index (χ3v) is 10.7. The third-order valence-electron chi connectivity index (χ3n) is 7.33. The Morgan fingerprint density at radius 3 is 2.49 bits per heavy atom. The van der Waals surface area contributed by atoms with Crippen molar-refractivity contribution in [3.8, 4) is 0 Å². The second-order valence-corrected chi connectivity index (χ2v) is 18.8. The van der Waals surface area contributed by atoms with Gasteiger partial charge in [-0.05, 0) is 97.5 Å². The quantitative estimate of drug-likeness (QED) is 0.322. The zero-order valence-corrected chi connectivity index (χ0v) is 26.7. The predicted molar refractivity (Wildman–Crippen MR) is 164 cm³/mol. The number of halogens is 1. The summed E-state index contributed by atoms with van der Waals surface area (Å²) in [6.07, 6.45) is 3.18. The number of hydrogen-bond donors (Lipinski definition) is 2. The maximum absolute atomic E-state index is 14.1. The molecule has 2 aromatic carbocycles. The minimum atomic E-state index is -1.85. The molecule has 210 valence electrons. The highest BCUT2D eigenvalue weighted by Gasteiger charge is 2.47. The van der Waals surface area contributed by atoms with Crippen molar-refractivity contribution in [2.45, 2.75) is 89.3 Å². The van der Waals surface area contributed by atoms with Gasteiger partial charge in [-0.15, -0.1) is 0 Å². The van der Waals surface area contributed by atoms with Crippen molar-refractivity contribution >= 4 is 48.6 Å². The summed E-state index contributed by atoms with van der Waals surface area (Å²) in [6, 6.07) is 15.4. The number of carbonyl (C=O) groups excluding carboxylic acids is 3. The zero-order valence-electron chi connectivity index (χ0n) is 23.6. The molecule has 1 aliphatic heterocycles. The molecule has 0 bridgehead atoms. The van der Waals surface area contributed by atoms with Crippen LogP contribution in [0, 0.1) is 3.57 Å². The van der Waals surface area contributed by atoms with Gasteiger partial charge in [-0.2, -0.15) is 0 Å². The Hall–Kier alpha value is -2.40. The fourth-order valence-corrected chi connectivity index (χ4v) is 8.85. The van der Waals surface area contributed by atoms with Crippen molar-refractivity contribution in [2.75, 3.05) is 6.17 Å². The Labute approximate surface area is 246 Å². The van der Waals surface area contributed by atoms with Crippen molar-refractivity contribution in [3.63, 3.8) is 0 Å². The summed E-state index contributed by atoms with van der Waals surface area (Å²) >= 11 is 2.24. The van der Waals surface area contributed by atoms with E-state index in [1.54, 1.807) is 25.7 Å². The van der Waals surface area contributed by atoms with Crippen molar-refractivity contribution in [1.82, 2.24) is 15.5 Å². The standard InChI is InChI=1S/C30H40IN3O4Si/c1-30(2,3)38-29(37)33-25(17-20-13-15-22(31)16-14-20)28(36)34-19-39(4,5)18-26(34)27(35)32-24-12-8-10-21-9-6-7-11-23(21)24/h6-7,9,11,13-16,24-26H,8,10,12,17-19H2,1-5H3,(H,32,35)(H,33,37)/t24-,25+,26+/m1/s1. The molecule has 3 amide bonds. The molecule has 7 nitrogen and oxygen atoms in total. The lowest BCUT2D eigenvalue weighted by atomic mass is 9.87. The normalized spacial score (nSPS) is 21.0. The number of fused-ring (bicyclic) bond motifs is 1. The highest BCUT2D eigenvalue weighted by atomic mass is 127. The number of nitrogens with one attached hydrogen (secondary N) is 2. The van der Waals surface area contributed by atoms with E-state index in [9.17, 15) is 14.4 Å². The molecular weight excluding hydrogens is 621 g/mol. The number of rotatable bonds is 6. The van der Waals surface area contributed by atoms with E-state index in [1.807, 2.05) is 36.4 Å². The van der Waals surface area contributed by atoms with E-state index in [4.69, 9.17) is 4.74 Å². The largest absolute Gasteiger partial charge is 0.444 e. The average Bonchev–Trinajstić information content (AvgIpc) is 3.19. The first kappa shape index (κ1) is 29.6. The molecule has 39 heavy (non-hydrogen) atoms. The maximum atomic E-state index is 14.1. The second-order valence-electron chi connectivity index (χ2n) is 12.5. The summed E-state index contributed by atoms with van der Waals surface area (Å²) in [7, 11) is -1.85. The van der Waals surface area contributed by atoms with Crippen LogP contribution in [0.3, 0.4) is 0 Å². The second kappa shape index (κ2) is 12.0. The molecule has 0 aromatic heterocycles. The molecular formula is C30H40IN3O4Si. The highest BCUT2D eigenvalue weighted by Crippen LogP contribution is 2.32. The van der Waals surface area contributed by atoms with Gasteiger partial charge in [-0.3, -0.25) is 9.59 Å². The SMILES string of the molecule is CC(C)(C)OC(=O)N[C@@H](Cc1ccc(I)cc1)C(=O)N1C[Si](C)(C)C[C@H]1C(=O)N[C@@H]1CCCc2ccccc21. The number of ether oxygens (including phenoxy) is 1. The van der Waals surface area contributed by atoms with Crippen molar-refractivity contribution in [2.24, 2.45) is 0 Å². The lowest BCUT2D eigenvalue weighted by Gasteiger charge is -2.32. The third kappa shape index (κ3) is 7.84. The molecule has 2 aliphatic rings. The number of aryl methyl sites for hydroxylation is 1. The van der Waals surface area contributed by atoms with Gasteiger partial charge in [-0.25, -0.2) is 4.79 Å². The van der Waals surface area contributed by atoms with Gasteiger partial charge in [0.05, 0.1) is 14.1 Å². The highest BCUT2D eigenvalue weighted by molar-refractivity contribution is 14.1. The van der Waals surface area contributed by atoms with Crippen LogP contribution in [0.2, 0.25) is 19.1 Å².